The van der Waals surface area contributed by atoms with E-state index in [0.717, 1.165) is 73.8 Å². The number of hydrogen-bond donors (Lipinski definition) is 1. The van der Waals surface area contributed by atoms with Gasteiger partial charge in [0, 0.05) is 17.2 Å². The Labute approximate surface area is 461 Å². The highest BCUT2D eigenvalue weighted by atomic mass is 32.2. The van der Waals surface area contributed by atoms with Gasteiger partial charge in [0.1, 0.15) is 39.4 Å². The summed E-state index contributed by atoms with van der Waals surface area (Å²) < 4.78 is 311. The number of hydrogen-bond acceptors (Lipinski definition) is 8. The molecule has 0 spiro atoms. The van der Waals surface area contributed by atoms with Crippen LogP contribution in [-0.2, 0) is 10.1 Å². The molecule has 9 nitrogen and oxygen atoms in total. The summed E-state index contributed by atoms with van der Waals surface area (Å²) >= 11 is 0. The van der Waals surface area contributed by atoms with Gasteiger partial charge in [0.2, 0.25) is 69.5 Å². The third kappa shape index (κ3) is 10.5. The van der Waals surface area contributed by atoms with E-state index in [9.17, 15) is 13.0 Å². The maximum atomic E-state index is 15.6. The molecule has 0 bridgehead atoms. The summed E-state index contributed by atoms with van der Waals surface area (Å²) in [6.07, 6.45) is 5.39. The fourth-order valence-corrected chi connectivity index (χ4v) is 8.83. The van der Waals surface area contributed by atoms with Gasteiger partial charge in [-0.1, -0.05) is 42.3 Å². The van der Waals surface area contributed by atoms with Crippen molar-refractivity contribution in [3.8, 4) is 114 Å². The minimum absolute atomic E-state index is 0.158. The van der Waals surface area contributed by atoms with Crippen LogP contribution in [0.2, 0.25) is 0 Å². The van der Waals surface area contributed by atoms with Crippen molar-refractivity contribution < 1.29 is 112 Å². The minimum Gasteiger partial charge on any atom is -0.497 e. The van der Waals surface area contributed by atoms with Gasteiger partial charge in [-0.25, -0.2) is 35.1 Å². The van der Waals surface area contributed by atoms with Gasteiger partial charge < -0.3 is 28.4 Å². The van der Waals surface area contributed by atoms with Gasteiger partial charge >= 0.3 is 0 Å². The van der Waals surface area contributed by atoms with Gasteiger partial charge in [-0.05, 0) is 83.4 Å². The number of rotatable bonds is 15. The van der Waals surface area contributed by atoms with Crippen molar-refractivity contribution >= 4 is 10.1 Å². The van der Waals surface area contributed by atoms with Crippen molar-refractivity contribution in [1.29, 1.82) is 0 Å². The number of ether oxygens (including phenoxy) is 6. The van der Waals surface area contributed by atoms with Crippen LogP contribution in [0.4, 0.5) is 70.2 Å². The Morgan fingerprint density at radius 1 is 0.357 bits per heavy atom. The number of benzene rings is 9. The molecule has 9 aromatic carbocycles. The second kappa shape index (κ2) is 22.8. The van der Waals surface area contributed by atoms with Gasteiger partial charge in [-0.15, -0.1) is 6.42 Å². The molecule has 0 radical (unpaired) electrons. The summed E-state index contributed by atoms with van der Waals surface area (Å²) in [5.74, 6) is -48.6. The molecular weight excluding hydrogens is 1180 g/mol. The van der Waals surface area contributed by atoms with Crippen molar-refractivity contribution in [2.75, 3.05) is 14.2 Å². The van der Waals surface area contributed by atoms with E-state index in [2.05, 4.69) is 5.92 Å². The first-order valence-electron chi connectivity index (χ1n) is 23.1. The molecule has 9 rings (SSSR count). The summed E-state index contributed by atoms with van der Waals surface area (Å²) in [5, 5.41) is 0. The summed E-state index contributed by atoms with van der Waals surface area (Å²) in [6.45, 7) is 0. The Bertz CT molecular complexity index is 4210. The first kappa shape index (κ1) is 58.8. The zero-order valence-corrected chi connectivity index (χ0v) is 42.5. The molecule has 0 aliphatic heterocycles. The van der Waals surface area contributed by atoms with E-state index < -0.39 is 176 Å². The monoisotopic (exact) mass is 1200 g/mol. The smallest absolute Gasteiger partial charge is 0.298 e. The van der Waals surface area contributed by atoms with Gasteiger partial charge in [0.05, 0.1) is 36.5 Å². The van der Waals surface area contributed by atoms with E-state index in [-0.39, 0.29) is 28.2 Å². The topological polar surface area (TPSA) is 110 Å². The normalized spacial score (nSPS) is 11.4. The Morgan fingerprint density at radius 3 is 1.00 bits per heavy atom. The molecule has 0 fully saturated rings. The molecule has 0 aromatic heterocycles. The van der Waals surface area contributed by atoms with Crippen molar-refractivity contribution in [2.24, 2.45) is 0 Å². The van der Waals surface area contributed by atoms with Crippen LogP contribution in [0.3, 0.4) is 0 Å². The van der Waals surface area contributed by atoms with Crippen LogP contribution >= 0.6 is 0 Å². The van der Waals surface area contributed by atoms with E-state index in [1.807, 2.05) is 0 Å². The lowest BCUT2D eigenvalue weighted by Gasteiger charge is -2.17. The fraction of sp³-hybridized carbons (Fsp3) is 0.0345. The first-order valence-corrected chi connectivity index (χ1v) is 24.5. The number of terminal acetylenes is 1. The highest BCUT2D eigenvalue weighted by Gasteiger charge is 2.38. The molecule has 0 aliphatic carbocycles. The predicted molar refractivity (Wildman–Crippen MR) is 264 cm³/mol. The van der Waals surface area contributed by atoms with E-state index in [4.69, 9.17) is 34.8 Å². The third-order valence-electron chi connectivity index (χ3n) is 12.3. The Balaban J connectivity index is 0.927. The quantitative estimate of drug-likeness (QED) is 0.0464. The predicted octanol–water partition coefficient (Wildman–Crippen LogP) is 17.0. The number of methoxy groups -OCH3 is 2. The van der Waals surface area contributed by atoms with E-state index in [1.54, 1.807) is 24.3 Å². The van der Waals surface area contributed by atoms with Crippen LogP contribution in [0.15, 0.2) is 114 Å². The van der Waals surface area contributed by atoms with Crippen LogP contribution in [0.1, 0.15) is 5.56 Å². The highest BCUT2D eigenvalue weighted by molar-refractivity contribution is 7.86. The van der Waals surface area contributed by atoms with Crippen LogP contribution in [0, 0.1) is 105 Å². The van der Waals surface area contributed by atoms with Gasteiger partial charge in [0.15, 0.2) is 46.5 Å². The first-order chi connectivity index (χ1) is 39.8. The fourth-order valence-electron chi connectivity index (χ4n) is 8.20. The lowest BCUT2D eigenvalue weighted by molar-refractivity contribution is 0.355. The molecule has 0 aliphatic rings. The van der Waals surface area contributed by atoms with Crippen LogP contribution in [0.25, 0.3) is 44.5 Å². The number of halogens is 16. The largest absolute Gasteiger partial charge is 0.497 e. The Kier molecular flexibility index (Phi) is 16.0. The van der Waals surface area contributed by atoms with Gasteiger partial charge in [-0.3, -0.25) is 4.55 Å². The maximum Gasteiger partial charge on any atom is 0.298 e. The highest BCUT2D eigenvalue weighted by Crippen LogP contribution is 2.47. The summed E-state index contributed by atoms with van der Waals surface area (Å²) in [5.41, 5.74) is -7.60. The maximum absolute atomic E-state index is 15.6. The van der Waals surface area contributed by atoms with E-state index in [1.165, 1.54) is 13.2 Å². The molecule has 0 heterocycles. The average Bonchev–Trinajstić information content (AvgIpc) is 1.35. The zero-order valence-electron chi connectivity index (χ0n) is 41.6. The summed E-state index contributed by atoms with van der Waals surface area (Å²) in [6, 6.07) is 20.2. The summed E-state index contributed by atoms with van der Waals surface area (Å²) in [7, 11) is -2.95. The average molecular weight is 1200 g/mol. The SMILES string of the molecule is C#Cc1ccc(-c2cc(Oc3c(F)c(F)c(-c4c(F)c(F)c(Oc5ccc(-c6ccc(Oc7c(F)c(F)c(-c8c(F)c(F)c(Oc9ccc(OC)cc9S(=O)(=O)O)c(F)c8F)c(F)c7F)cc6)cc5)c(F)c4F)c(F)c3F)ccc2OC)cc1. The molecule has 84 heavy (non-hydrogen) atoms. The molecular formula is C58H26F16O9S. The molecule has 1 N–H and O–H groups in total. The van der Waals surface area contributed by atoms with Gasteiger partial charge in [0.25, 0.3) is 10.1 Å². The van der Waals surface area contributed by atoms with Gasteiger partial charge in [-0.2, -0.15) is 43.5 Å². The lowest BCUT2D eigenvalue weighted by atomic mass is 10.0. The molecule has 0 saturated carbocycles. The Morgan fingerprint density at radius 2 is 0.667 bits per heavy atom. The molecule has 26 heteroatoms. The van der Waals surface area contributed by atoms with Crippen LogP contribution in [0.5, 0.6) is 57.5 Å². The molecule has 9 aromatic rings. The molecule has 0 amide bonds. The van der Waals surface area contributed by atoms with Crippen molar-refractivity contribution in [2.45, 2.75) is 4.90 Å². The molecule has 0 saturated heterocycles. The minimum atomic E-state index is -5.29. The standard InChI is InChI=1S/C58H26F16O9S/c1-4-23-5-7-26(8-6-23)31-21-30(18-19-32(31)79-3)82-57-51(71)43(63)36(44(64)52(57)72)35-39(59)47(67)55(48(68)40(35)60)80-27-13-9-24(10-14-27)25-11-15-28(16-12-25)81-56-49(69)41(61)37(42(62)50(56)70)38-45(65)53(73)58(54(74)46(38)66)83-33-20-17-29(78-2)22-34(33)84(75,76)77/h1,5-22H,2-3H3,(H,75,76,77). The summed E-state index contributed by atoms with van der Waals surface area (Å²) in [4.78, 5) is -1.24. The second-order valence-corrected chi connectivity index (χ2v) is 18.6. The van der Waals surface area contributed by atoms with Crippen molar-refractivity contribution in [1.82, 2.24) is 0 Å². The van der Waals surface area contributed by atoms with Crippen LogP contribution < -0.4 is 28.4 Å². The van der Waals surface area contributed by atoms with E-state index >= 15 is 70.2 Å². The van der Waals surface area contributed by atoms with E-state index in [0.29, 0.717) is 23.3 Å². The zero-order chi connectivity index (χ0) is 61.0. The van der Waals surface area contributed by atoms with Crippen molar-refractivity contribution in [3.05, 3.63) is 208 Å². The molecule has 0 unspecified atom stereocenters. The molecule has 0 atom stereocenters. The third-order valence-corrected chi connectivity index (χ3v) is 13.1. The Hall–Kier alpha value is -9.87. The second-order valence-electron chi connectivity index (χ2n) is 17.2. The molecule has 430 valence electrons. The van der Waals surface area contributed by atoms with Crippen LogP contribution in [-0.4, -0.2) is 27.2 Å². The van der Waals surface area contributed by atoms with Crippen molar-refractivity contribution in [3.63, 3.8) is 0 Å². The lowest BCUT2D eigenvalue weighted by Crippen LogP contribution is -2.10.